The Morgan fingerprint density at radius 1 is 1.11 bits per heavy atom. The van der Waals surface area contributed by atoms with Gasteiger partial charge in [0.1, 0.15) is 0 Å². The number of rotatable bonds is 3. The molecule has 2 N–H and O–H groups in total. The molecule has 0 radical (unpaired) electrons. The van der Waals surface area contributed by atoms with Crippen LogP contribution < -0.4 is 5.73 Å². The second kappa shape index (κ2) is 5.35. The lowest BCUT2D eigenvalue weighted by molar-refractivity contribution is 0.595. The number of benzene rings is 2. The molecule has 5 heteroatoms. The molecule has 0 aromatic heterocycles. The smallest absolute Gasteiger partial charge is 0.184 e. The van der Waals surface area contributed by atoms with E-state index < -0.39 is 9.84 Å². The molecule has 0 aliphatic rings. The van der Waals surface area contributed by atoms with Gasteiger partial charge in [0.25, 0.3) is 0 Å². The summed E-state index contributed by atoms with van der Waals surface area (Å²) in [5, 5.41) is 0. The molecule has 100 valence electrons. The highest BCUT2D eigenvalue weighted by atomic mass is 79.9. The largest absolute Gasteiger partial charge is 0.398 e. The molecule has 0 aliphatic carbocycles. The summed E-state index contributed by atoms with van der Waals surface area (Å²) in [7, 11) is -3.41. The van der Waals surface area contributed by atoms with Crippen LogP contribution in [0, 0.1) is 6.92 Å². The SMILES string of the molecule is Cc1ccc(S(=O)(=O)Cc2ccc(Br)cc2)c(N)c1. The summed E-state index contributed by atoms with van der Waals surface area (Å²) in [6, 6.07) is 12.2. The molecule has 2 aromatic rings. The van der Waals surface area contributed by atoms with E-state index >= 15 is 0 Å². The molecule has 0 unspecified atom stereocenters. The highest BCUT2D eigenvalue weighted by molar-refractivity contribution is 9.10. The third-order valence-corrected chi connectivity index (χ3v) is 5.05. The Kier molecular flexibility index (Phi) is 3.96. The Bertz CT molecular complexity index is 694. The molecule has 0 aliphatic heterocycles. The van der Waals surface area contributed by atoms with Crippen LogP contribution in [0.5, 0.6) is 0 Å². The van der Waals surface area contributed by atoms with Gasteiger partial charge in [0.2, 0.25) is 0 Å². The fraction of sp³-hybridized carbons (Fsp3) is 0.143. The number of hydrogen-bond donors (Lipinski definition) is 1. The average Bonchev–Trinajstić information content (AvgIpc) is 2.31. The van der Waals surface area contributed by atoms with E-state index in [1.165, 1.54) is 0 Å². The Hall–Kier alpha value is -1.33. The van der Waals surface area contributed by atoms with Gasteiger partial charge >= 0.3 is 0 Å². The van der Waals surface area contributed by atoms with Gasteiger partial charge in [0, 0.05) is 4.47 Å². The van der Waals surface area contributed by atoms with E-state index in [0.29, 0.717) is 5.69 Å². The molecule has 19 heavy (non-hydrogen) atoms. The third kappa shape index (κ3) is 3.36. The van der Waals surface area contributed by atoms with Crippen molar-refractivity contribution in [2.45, 2.75) is 17.6 Å². The summed E-state index contributed by atoms with van der Waals surface area (Å²) in [4.78, 5) is 0.195. The van der Waals surface area contributed by atoms with Crippen LogP contribution >= 0.6 is 15.9 Å². The van der Waals surface area contributed by atoms with Gasteiger partial charge in [-0.3, -0.25) is 0 Å². The molecule has 0 saturated heterocycles. The zero-order chi connectivity index (χ0) is 14.0. The molecule has 3 nitrogen and oxygen atoms in total. The van der Waals surface area contributed by atoms with Gasteiger partial charge in [-0.15, -0.1) is 0 Å². The maximum Gasteiger partial charge on any atom is 0.184 e. The summed E-state index contributed by atoms with van der Waals surface area (Å²) in [6.45, 7) is 1.88. The number of sulfone groups is 1. The first-order chi connectivity index (χ1) is 8.88. The van der Waals surface area contributed by atoms with Crippen LogP contribution in [0.3, 0.4) is 0 Å². The molecular weight excluding hydrogens is 326 g/mol. The molecule has 0 spiro atoms. The number of nitrogen functional groups attached to an aromatic ring is 1. The van der Waals surface area contributed by atoms with E-state index in [1.54, 1.807) is 30.3 Å². The predicted molar refractivity (Wildman–Crippen MR) is 80.6 cm³/mol. The molecule has 0 heterocycles. The van der Waals surface area contributed by atoms with E-state index in [1.807, 2.05) is 19.1 Å². The van der Waals surface area contributed by atoms with Gasteiger partial charge < -0.3 is 5.73 Å². The van der Waals surface area contributed by atoms with Crippen molar-refractivity contribution >= 4 is 31.5 Å². The van der Waals surface area contributed by atoms with Crippen LogP contribution in [0.15, 0.2) is 51.8 Å². The Morgan fingerprint density at radius 3 is 2.32 bits per heavy atom. The average molecular weight is 340 g/mol. The van der Waals surface area contributed by atoms with Crippen molar-refractivity contribution in [2.24, 2.45) is 0 Å². The minimum atomic E-state index is -3.41. The Labute approximate surface area is 121 Å². The van der Waals surface area contributed by atoms with E-state index in [9.17, 15) is 8.42 Å². The fourth-order valence-electron chi connectivity index (χ4n) is 1.83. The molecular formula is C14H14BrNO2S. The van der Waals surface area contributed by atoms with Gasteiger partial charge in [-0.2, -0.15) is 0 Å². The summed E-state index contributed by atoms with van der Waals surface area (Å²) in [6.07, 6.45) is 0. The van der Waals surface area contributed by atoms with Gasteiger partial charge in [0.05, 0.1) is 16.3 Å². The standard InChI is InChI=1S/C14H14BrNO2S/c1-10-2-7-14(13(16)8-10)19(17,18)9-11-3-5-12(15)6-4-11/h2-8H,9,16H2,1H3. The van der Waals surface area contributed by atoms with Crippen LogP contribution in [0.25, 0.3) is 0 Å². The first kappa shape index (κ1) is 14.1. The maximum absolute atomic E-state index is 12.3. The van der Waals surface area contributed by atoms with Gasteiger partial charge in [-0.25, -0.2) is 8.42 Å². The van der Waals surface area contributed by atoms with Crippen molar-refractivity contribution in [3.05, 3.63) is 58.1 Å². The van der Waals surface area contributed by atoms with Gasteiger partial charge in [0.15, 0.2) is 9.84 Å². The second-order valence-electron chi connectivity index (χ2n) is 4.43. The molecule has 0 saturated carbocycles. The Morgan fingerprint density at radius 2 is 1.74 bits per heavy atom. The molecule has 0 bridgehead atoms. The lowest BCUT2D eigenvalue weighted by Crippen LogP contribution is -2.08. The zero-order valence-electron chi connectivity index (χ0n) is 10.4. The van der Waals surface area contributed by atoms with E-state index in [4.69, 9.17) is 5.73 Å². The van der Waals surface area contributed by atoms with Crippen molar-refractivity contribution in [3.8, 4) is 0 Å². The minimum absolute atomic E-state index is 0.0481. The van der Waals surface area contributed by atoms with E-state index in [0.717, 1.165) is 15.6 Å². The monoisotopic (exact) mass is 339 g/mol. The summed E-state index contributed by atoms with van der Waals surface area (Å²) < 4.78 is 25.6. The molecule has 0 fully saturated rings. The number of halogens is 1. The quantitative estimate of drug-likeness (QED) is 0.872. The zero-order valence-corrected chi connectivity index (χ0v) is 12.8. The fourth-order valence-corrected chi connectivity index (χ4v) is 3.57. The van der Waals surface area contributed by atoms with Crippen molar-refractivity contribution < 1.29 is 8.42 Å². The number of hydrogen-bond acceptors (Lipinski definition) is 3. The van der Waals surface area contributed by atoms with Crippen LogP contribution in [-0.4, -0.2) is 8.42 Å². The number of nitrogens with two attached hydrogens (primary N) is 1. The minimum Gasteiger partial charge on any atom is -0.398 e. The lowest BCUT2D eigenvalue weighted by atomic mass is 10.2. The number of anilines is 1. The lowest BCUT2D eigenvalue weighted by Gasteiger charge is -2.08. The number of aryl methyl sites for hydroxylation is 1. The van der Waals surface area contributed by atoms with Crippen LogP contribution in [-0.2, 0) is 15.6 Å². The van der Waals surface area contributed by atoms with Crippen molar-refractivity contribution in [2.75, 3.05) is 5.73 Å². The summed E-state index contributed by atoms with van der Waals surface area (Å²) in [5.74, 6) is -0.0481. The first-order valence-corrected chi connectivity index (χ1v) is 8.16. The van der Waals surface area contributed by atoms with E-state index in [-0.39, 0.29) is 10.6 Å². The van der Waals surface area contributed by atoms with Crippen LogP contribution in [0.2, 0.25) is 0 Å². The normalized spacial score (nSPS) is 11.5. The maximum atomic E-state index is 12.3. The van der Waals surface area contributed by atoms with Crippen LogP contribution in [0.4, 0.5) is 5.69 Å². The molecule has 0 amide bonds. The second-order valence-corrected chi connectivity index (χ2v) is 7.30. The third-order valence-electron chi connectivity index (χ3n) is 2.77. The van der Waals surface area contributed by atoms with Crippen molar-refractivity contribution in [3.63, 3.8) is 0 Å². The van der Waals surface area contributed by atoms with Gasteiger partial charge in [-0.1, -0.05) is 34.1 Å². The highest BCUT2D eigenvalue weighted by Crippen LogP contribution is 2.24. The van der Waals surface area contributed by atoms with Crippen molar-refractivity contribution in [1.29, 1.82) is 0 Å². The Balaban J connectivity index is 2.35. The predicted octanol–water partition coefficient (Wildman–Crippen LogP) is 3.31. The molecule has 2 rings (SSSR count). The van der Waals surface area contributed by atoms with Crippen molar-refractivity contribution in [1.82, 2.24) is 0 Å². The summed E-state index contributed by atoms with van der Waals surface area (Å²) in [5.41, 5.74) is 7.79. The highest BCUT2D eigenvalue weighted by Gasteiger charge is 2.18. The van der Waals surface area contributed by atoms with Crippen LogP contribution in [0.1, 0.15) is 11.1 Å². The molecule has 2 aromatic carbocycles. The molecule has 0 atom stereocenters. The topological polar surface area (TPSA) is 60.2 Å². The summed E-state index contributed by atoms with van der Waals surface area (Å²) >= 11 is 3.32. The van der Waals surface area contributed by atoms with Gasteiger partial charge in [-0.05, 0) is 42.3 Å². The van der Waals surface area contributed by atoms with E-state index in [2.05, 4.69) is 15.9 Å². The first-order valence-electron chi connectivity index (χ1n) is 5.72.